The van der Waals surface area contributed by atoms with Gasteiger partial charge in [0, 0.05) is 36.3 Å². The lowest BCUT2D eigenvalue weighted by molar-refractivity contribution is 0.646. The van der Waals surface area contributed by atoms with Crippen molar-refractivity contribution < 1.29 is 0 Å². The van der Waals surface area contributed by atoms with Crippen LogP contribution in [0, 0.1) is 0 Å². The summed E-state index contributed by atoms with van der Waals surface area (Å²) < 4.78 is 2.20. The van der Waals surface area contributed by atoms with Gasteiger partial charge >= 0.3 is 0 Å². The molecule has 108 valence electrons. The van der Waals surface area contributed by atoms with Crippen LogP contribution in [0.15, 0.2) is 48.1 Å². The summed E-state index contributed by atoms with van der Waals surface area (Å²) >= 11 is 7.47. The Bertz CT molecular complexity index is 690. The van der Waals surface area contributed by atoms with Crippen LogP contribution in [0.25, 0.3) is 11.4 Å². The third-order valence-electron chi connectivity index (χ3n) is 3.27. The van der Waals surface area contributed by atoms with E-state index in [2.05, 4.69) is 26.7 Å². The fraction of sp³-hybridized carbons (Fsp3) is 0.250. The summed E-state index contributed by atoms with van der Waals surface area (Å²) in [4.78, 5) is 8.95. The second-order valence-corrected chi connectivity index (χ2v) is 5.99. The van der Waals surface area contributed by atoms with E-state index >= 15 is 0 Å². The zero-order chi connectivity index (χ0) is 14.5. The number of imidazole rings is 1. The fourth-order valence-electron chi connectivity index (χ4n) is 2.26. The van der Waals surface area contributed by atoms with Crippen molar-refractivity contribution in [2.24, 2.45) is 0 Å². The molecule has 2 heterocycles. The van der Waals surface area contributed by atoms with Gasteiger partial charge in [0.15, 0.2) is 0 Å². The van der Waals surface area contributed by atoms with E-state index in [-0.39, 0.29) is 0 Å². The van der Waals surface area contributed by atoms with Gasteiger partial charge in [0.25, 0.3) is 0 Å². The van der Waals surface area contributed by atoms with Gasteiger partial charge in [0.05, 0.1) is 16.6 Å². The van der Waals surface area contributed by atoms with Crippen molar-refractivity contribution >= 4 is 22.9 Å². The van der Waals surface area contributed by atoms with Crippen LogP contribution < -0.4 is 0 Å². The molecule has 3 rings (SSSR count). The zero-order valence-electron chi connectivity index (χ0n) is 11.6. The van der Waals surface area contributed by atoms with Gasteiger partial charge in [-0.2, -0.15) is 0 Å². The smallest absolute Gasteiger partial charge is 0.139 e. The molecule has 21 heavy (non-hydrogen) atoms. The molecule has 0 aliphatic carbocycles. The second-order valence-electron chi connectivity index (χ2n) is 4.78. The van der Waals surface area contributed by atoms with Gasteiger partial charge in [-0.3, -0.25) is 0 Å². The third kappa shape index (κ3) is 3.52. The first-order chi connectivity index (χ1) is 10.4. The standard InChI is InChI=1S/C16H16ClN3S/c17-11-14-12-21-15(19-14)7-4-9-20-10-8-18-16(20)13-5-2-1-3-6-13/h1-3,5-6,8,10,12H,4,7,9,11H2. The average Bonchev–Trinajstić information content (AvgIpc) is 3.17. The molecule has 0 saturated heterocycles. The average molecular weight is 318 g/mol. The minimum absolute atomic E-state index is 0.496. The topological polar surface area (TPSA) is 30.7 Å². The third-order valence-corrected chi connectivity index (χ3v) is 4.50. The summed E-state index contributed by atoms with van der Waals surface area (Å²) in [7, 11) is 0. The van der Waals surface area contributed by atoms with E-state index < -0.39 is 0 Å². The number of thiazole rings is 1. The molecule has 0 bridgehead atoms. The number of hydrogen-bond donors (Lipinski definition) is 0. The zero-order valence-corrected chi connectivity index (χ0v) is 13.1. The predicted molar refractivity (Wildman–Crippen MR) is 87.7 cm³/mol. The molecule has 2 aromatic heterocycles. The molecular weight excluding hydrogens is 302 g/mol. The predicted octanol–water partition coefficient (Wildman–Crippen LogP) is 4.38. The molecule has 0 N–H and O–H groups in total. The van der Waals surface area contributed by atoms with Gasteiger partial charge in [-0.15, -0.1) is 22.9 Å². The van der Waals surface area contributed by atoms with E-state index in [9.17, 15) is 0 Å². The van der Waals surface area contributed by atoms with Crippen molar-refractivity contribution in [3.8, 4) is 11.4 Å². The van der Waals surface area contributed by atoms with Crippen LogP contribution >= 0.6 is 22.9 Å². The van der Waals surface area contributed by atoms with E-state index in [4.69, 9.17) is 11.6 Å². The highest BCUT2D eigenvalue weighted by Gasteiger charge is 2.06. The van der Waals surface area contributed by atoms with Crippen molar-refractivity contribution in [1.82, 2.24) is 14.5 Å². The summed E-state index contributed by atoms with van der Waals surface area (Å²) in [6.45, 7) is 0.944. The van der Waals surface area contributed by atoms with Gasteiger partial charge in [-0.05, 0) is 6.42 Å². The summed E-state index contributed by atoms with van der Waals surface area (Å²) in [6, 6.07) is 10.3. The van der Waals surface area contributed by atoms with E-state index in [1.165, 1.54) is 0 Å². The van der Waals surface area contributed by atoms with Crippen LogP contribution in [0.3, 0.4) is 0 Å². The number of alkyl halides is 1. The maximum Gasteiger partial charge on any atom is 0.139 e. The Hall–Kier alpha value is -1.65. The number of aromatic nitrogens is 3. The molecule has 0 spiro atoms. The Labute approximate surface area is 133 Å². The summed E-state index contributed by atoms with van der Waals surface area (Å²) in [5, 5.41) is 3.20. The minimum atomic E-state index is 0.496. The highest BCUT2D eigenvalue weighted by molar-refractivity contribution is 7.09. The molecule has 0 saturated carbocycles. The molecule has 3 nitrogen and oxygen atoms in total. The van der Waals surface area contributed by atoms with E-state index in [0.717, 1.165) is 41.5 Å². The molecule has 0 amide bonds. The van der Waals surface area contributed by atoms with E-state index in [1.54, 1.807) is 11.3 Å². The quantitative estimate of drug-likeness (QED) is 0.632. The highest BCUT2D eigenvalue weighted by atomic mass is 35.5. The first-order valence-electron chi connectivity index (χ1n) is 6.92. The van der Waals surface area contributed by atoms with Crippen LogP contribution in [0.2, 0.25) is 0 Å². The monoisotopic (exact) mass is 317 g/mol. The highest BCUT2D eigenvalue weighted by Crippen LogP contribution is 2.18. The van der Waals surface area contributed by atoms with Crippen LogP contribution in [0.5, 0.6) is 0 Å². The van der Waals surface area contributed by atoms with Crippen molar-refractivity contribution in [2.45, 2.75) is 25.3 Å². The summed E-state index contributed by atoms with van der Waals surface area (Å²) in [5.41, 5.74) is 2.13. The van der Waals surface area contributed by atoms with Crippen molar-refractivity contribution in [2.75, 3.05) is 0 Å². The largest absolute Gasteiger partial charge is 0.331 e. The number of benzene rings is 1. The maximum absolute atomic E-state index is 5.78. The lowest BCUT2D eigenvalue weighted by atomic mass is 10.2. The first kappa shape index (κ1) is 14.3. The lowest BCUT2D eigenvalue weighted by Crippen LogP contribution is -2.01. The number of nitrogens with zero attached hydrogens (tertiary/aromatic N) is 3. The molecule has 0 radical (unpaired) electrons. The summed E-state index contributed by atoms with van der Waals surface area (Å²) in [6.07, 6.45) is 5.92. The number of aryl methyl sites for hydroxylation is 2. The van der Waals surface area contributed by atoms with Gasteiger partial charge < -0.3 is 4.57 Å². The first-order valence-corrected chi connectivity index (χ1v) is 8.34. The van der Waals surface area contributed by atoms with Crippen LogP contribution in [0.1, 0.15) is 17.1 Å². The van der Waals surface area contributed by atoms with E-state index in [0.29, 0.717) is 5.88 Å². The Kier molecular flexibility index (Phi) is 4.68. The van der Waals surface area contributed by atoms with Crippen LogP contribution in [0.4, 0.5) is 0 Å². The molecular formula is C16H16ClN3S. The molecule has 0 aliphatic rings. The number of halogens is 1. The molecule has 0 unspecified atom stereocenters. The SMILES string of the molecule is ClCc1csc(CCCn2ccnc2-c2ccccc2)n1. The Morgan fingerprint density at radius 1 is 1.19 bits per heavy atom. The van der Waals surface area contributed by atoms with Crippen molar-refractivity contribution in [3.05, 3.63) is 58.8 Å². The van der Waals surface area contributed by atoms with E-state index in [1.807, 2.05) is 36.0 Å². The van der Waals surface area contributed by atoms with Gasteiger partial charge in [-0.1, -0.05) is 30.3 Å². The molecule has 0 aliphatic heterocycles. The molecule has 3 aromatic rings. The lowest BCUT2D eigenvalue weighted by Gasteiger charge is -2.07. The molecule has 5 heteroatoms. The Balaban J connectivity index is 1.62. The van der Waals surface area contributed by atoms with Crippen molar-refractivity contribution in [1.29, 1.82) is 0 Å². The molecule has 1 aromatic carbocycles. The van der Waals surface area contributed by atoms with Crippen molar-refractivity contribution in [3.63, 3.8) is 0 Å². The number of hydrogen-bond acceptors (Lipinski definition) is 3. The normalized spacial score (nSPS) is 10.9. The van der Waals surface area contributed by atoms with Gasteiger partial charge in [0.1, 0.15) is 5.82 Å². The summed E-state index contributed by atoms with van der Waals surface area (Å²) in [5.74, 6) is 1.52. The second kappa shape index (κ2) is 6.87. The van der Waals surface area contributed by atoms with Crippen LogP contribution in [-0.4, -0.2) is 14.5 Å². The van der Waals surface area contributed by atoms with Gasteiger partial charge in [0.2, 0.25) is 0 Å². The number of rotatable bonds is 6. The maximum atomic E-state index is 5.78. The van der Waals surface area contributed by atoms with Crippen LogP contribution in [-0.2, 0) is 18.8 Å². The molecule has 0 fully saturated rings. The Morgan fingerprint density at radius 3 is 2.81 bits per heavy atom. The van der Waals surface area contributed by atoms with Gasteiger partial charge in [-0.25, -0.2) is 9.97 Å². The molecule has 0 atom stereocenters. The minimum Gasteiger partial charge on any atom is -0.331 e. The Morgan fingerprint density at radius 2 is 2.05 bits per heavy atom. The fourth-order valence-corrected chi connectivity index (χ4v) is 3.33.